The van der Waals surface area contributed by atoms with E-state index in [1.54, 1.807) is 11.3 Å². The Morgan fingerprint density at radius 1 is 1.00 bits per heavy atom. The average molecular weight is 367 g/mol. The Hall–Kier alpha value is -3.12. The number of esters is 1. The zero-order valence-corrected chi connectivity index (χ0v) is 14.6. The van der Waals surface area contributed by atoms with Gasteiger partial charge in [-0.05, 0) is 41.3 Å². The number of thiophene rings is 1. The minimum Gasteiger partial charge on any atom is -0.508 e. The van der Waals surface area contributed by atoms with Gasteiger partial charge in [0.05, 0.1) is 11.6 Å². The van der Waals surface area contributed by atoms with E-state index in [0.29, 0.717) is 0 Å². The summed E-state index contributed by atoms with van der Waals surface area (Å²) in [6, 6.07) is 18.8. The molecular formula is C20H17NO4S. The molecule has 26 heavy (non-hydrogen) atoms. The molecule has 0 spiro atoms. The number of carbonyl (C=O) groups is 2. The first kappa shape index (κ1) is 17.7. The van der Waals surface area contributed by atoms with Crippen molar-refractivity contribution in [3.63, 3.8) is 0 Å². The summed E-state index contributed by atoms with van der Waals surface area (Å²) in [7, 11) is 0. The summed E-state index contributed by atoms with van der Waals surface area (Å²) in [6.45, 7) is -0.381. The SMILES string of the molecule is O=C(COC(=O)c1ccc(O)cc1)N[C@H](c1ccccc1)c1cccs1. The van der Waals surface area contributed by atoms with E-state index in [4.69, 9.17) is 4.74 Å². The molecule has 0 unspecified atom stereocenters. The van der Waals surface area contributed by atoms with Crippen LogP contribution in [0.25, 0.3) is 0 Å². The number of phenolic OH excluding ortho intramolecular Hbond substituents is 1. The van der Waals surface area contributed by atoms with Crippen molar-refractivity contribution in [2.24, 2.45) is 0 Å². The highest BCUT2D eigenvalue weighted by molar-refractivity contribution is 7.10. The second-order valence-electron chi connectivity index (χ2n) is 5.55. The molecule has 3 aromatic rings. The van der Waals surface area contributed by atoms with Gasteiger partial charge >= 0.3 is 5.97 Å². The lowest BCUT2D eigenvalue weighted by molar-refractivity contribution is -0.124. The predicted molar refractivity (Wildman–Crippen MR) is 99.1 cm³/mol. The molecule has 3 rings (SSSR count). The van der Waals surface area contributed by atoms with Crippen LogP contribution in [0.2, 0.25) is 0 Å². The number of rotatable bonds is 6. The van der Waals surface area contributed by atoms with Crippen LogP contribution >= 0.6 is 11.3 Å². The Kier molecular flexibility index (Phi) is 5.66. The first-order chi connectivity index (χ1) is 12.6. The summed E-state index contributed by atoms with van der Waals surface area (Å²) < 4.78 is 5.05. The van der Waals surface area contributed by atoms with Crippen LogP contribution in [0.4, 0.5) is 0 Å². The summed E-state index contributed by atoms with van der Waals surface area (Å²) in [6.07, 6.45) is 0. The lowest BCUT2D eigenvalue weighted by atomic mass is 10.1. The van der Waals surface area contributed by atoms with Crippen LogP contribution in [0.5, 0.6) is 5.75 Å². The first-order valence-corrected chi connectivity index (χ1v) is 8.85. The van der Waals surface area contributed by atoms with Crippen molar-refractivity contribution in [2.75, 3.05) is 6.61 Å². The third kappa shape index (κ3) is 4.49. The number of nitrogens with one attached hydrogen (secondary N) is 1. The minimum atomic E-state index is -0.618. The van der Waals surface area contributed by atoms with Crippen LogP contribution in [0.3, 0.4) is 0 Å². The largest absolute Gasteiger partial charge is 0.508 e. The summed E-state index contributed by atoms with van der Waals surface area (Å²) in [5, 5.41) is 14.1. The number of hydrogen-bond donors (Lipinski definition) is 2. The molecule has 0 aliphatic rings. The van der Waals surface area contributed by atoms with Gasteiger partial charge in [0.25, 0.3) is 5.91 Å². The molecule has 0 fully saturated rings. The van der Waals surface area contributed by atoms with Crippen molar-refractivity contribution in [1.29, 1.82) is 0 Å². The zero-order chi connectivity index (χ0) is 18.4. The number of carbonyl (C=O) groups excluding carboxylic acids is 2. The maximum absolute atomic E-state index is 12.3. The third-order valence-corrected chi connectivity index (χ3v) is 4.64. The van der Waals surface area contributed by atoms with E-state index in [2.05, 4.69) is 5.32 Å². The molecule has 2 N–H and O–H groups in total. The van der Waals surface area contributed by atoms with E-state index in [0.717, 1.165) is 10.4 Å². The van der Waals surface area contributed by atoms with Crippen molar-refractivity contribution in [3.8, 4) is 5.75 Å². The van der Waals surface area contributed by atoms with Gasteiger partial charge in [-0.2, -0.15) is 0 Å². The number of amides is 1. The molecule has 0 radical (unpaired) electrons. The van der Waals surface area contributed by atoms with Crippen LogP contribution in [0.15, 0.2) is 72.1 Å². The topological polar surface area (TPSA) is 75.6 Å². The number of benzene rings is 2. The normalized spacial score (nSPS) is 11.5. The van der Waals surface area contributed by atoms with E-state index in [9.17, 15) is 14.7 Å². The molecule has 0 aliphatic heterocycles. The van der Waals surface area contributed by atoms with Gasteiger partial charge < -0.3 is 15.2 Å². The van der Waals surface area contributed by atoms with Gasteiger partial charge in [0, 0.05) is 4.88 Å². The molecule has 2 aromatic carbocycles. The predicted octanol–water partition coefficient (Wildman–Crippen LogP) is 3.52. The van der Waals surface area contributed by atoms with Crippen LogP contribution < -0.4 is 5.32 Å². The van der Waals surface area contributed by atoms with E-state index in [1.165, 1.54) is 24.3 Å². The van der Waals surface area contributed by atoms with Gasteiger partial charge in [0.1, 0.15) is 5.75 Å². The van der Waals surface area contributed by atoms with Gasteiger partial charge in [0.15, 0.2) is 6.61 Å². The Morgan fingerprint density at radius 2 is 1.73 bits per heavy atom. The fourth-order valence-electron chi connectivity index (χ4n) is 2.43. The van der Waals surface area contributed by atoms with Gasteiger partial charge in [-0.1, -0.05) is 36.4 Å². The molecule has 1 aromatic heterocycles. The molecule has 1 atom stereocenters. The average Bonchev–Trinajstić information content (AvgIpc) is 3.20. The molecular weight excluding hydrogens is 350 g/mol. The Bertz CT molecular complexity index is 861. The van der Waals surface area contributed by atoms with Crippen molar-refractivity contribution in [1.82, 2.24) is 5.32 Å². The summed E-state index contributed by atoms with van der Waals surface area (Å²) in [5.74, 6) is -0.951. The highest BCUT2D eigenvalue weighted by Gasteiger charge is 2.19. The molecule has 6 heteroatoms. The summed E-state index contributed by atoms with van der Waals surface area (Å²) in [4.78, 5) is 25.2. The number of hydrogen-bond acceptors (Lipinski definition) is 5. The minimum absolute atomic E-state index is 0.0564. The fraction of sp³-hybridized carbons (Fsp3) is 0.100. The Labute approximate surface area is 154 Å². The highest BCUT2D eigenvalue weighted by Crippen LogP contribution is 2.25. The van der Waals surface area contributed by atoms with Crippen molar-refractivity contribution < 1.29 is 19.4 Å². The van der Waals surface area contributed by atoms with Gasteiger partial charge in [-0.25, -0.2) is 4.79 Å². The lowest BCUT2D eigenvalue weighted by Crippen LogP contribution is -2.32. The number of aromatic hydroxyl groups is 1. The summed E-state index contributed by atoms with van der Waals surface area (Å²) >= 11 is 1.54. The second-order valence-corrected chi connectivity index (χ2v) is 6.53. The quantitative estimate of drug-likeness (QED) is 0.654. The molecule has 1 heterocycles. The maximum atomic E-state index is 12.3. The maximum Gasteiger partial charge on any atom is 0.338 e. The molecule has 5 nitrogen and oxygen atoms in total. The van der Waals surface area contributed by atoms with Crippen molar-refractivity contribution in [3.05, 3.63) is 88.1 Å². The van der Waals surface area contributed by atoms with Crippen LogP contribution in [-0.2, 0) is 9.53 Å². The van der Waals surface area contributed by atoms with E-state index in [1.807, 2.05) is 47.8 Å². The Morgan fingerprint density at radius 3 is 2.38 bits per heavy atom. The monoisotopic (exact) mass is 367 g/mol. The molecule has 0 aliphatic carbocycles. The number of phenols is 1. The molecule has 0 saturated carbocycles. The fourth-order valence-corrected chi connectivity index (χ4v) is 3.24. The first-order valence-electron chi connectivity index (χ1n) is 7.97. The summed E-state index contributed by atoms with van der Waals surface area (Å²) in [5.41, 5.74) is 1.22. The van der Waals surface area contributed by atoms with E-state index < -0.39 is 5.97 Å². The molecule has 0 bridgehead atoms. The standard InChI is InChI=1S/C20H17NO4S/c22-16-10-8-15(9-11-16)20(24)25-13-18(23)21-19(17-7-4-12-26-17)14-5-2-1-3-6-14/h1-12,19,22H,13H2,(H,21,23)/t19-/m1/s1. The van der Waals surface area contributed by atoms with E-state index in [-0.39, 0.29) is 29.9 Å². The molecule has 132 valence electrons. The lowest BCUT2D eigenvalue weighted by Gasteiger charge is -2.18. The van der Waals surface area contributed by atoms with E-state index >= 15 is 0 Å². The van der Waals surface area contributed by atoms with Crippen LogP contribution in [-0.4, -0.2) is 23.6 Å². The molecule has 0 saturated heterocycles. The Balaban J connectivity index is 1.63. The van der Waals surface area contributed by atoms with Crippen LogP contribution in [0.1, 0.15) is 26.8 Å². The molecule has 1 amide bonds. The van der Waals surface area contributed by atoms with Crippen LogP contribution in [0, 0.1) is 0 Å². The number of ether oxygens (including phenoxy) is 1. The smallest absolute Gasteiger partial charge is 0.338 e. The second kappa shape index (κ2) is 8.31. The van der Waals surface area contributed by atoms with Gasteiger partial charge in [-0.15, -0.1) is 11.3 Å². The zero-order valence-electron chi connectivity index (χ0n) is 13.8. The highest BCUT2D eigenvalue weighted by atomic mass is 32.1. The van der Waals surface area contributed by atoms with Crippen molar-refractivity contribution >= 4 is 23.2 Å². The van der Waals surface area contributed by atoms with Crippen molar-refractivity contribution in [2.45, 2.75) is 6.04 Å². The third-order valence-electron chi connectivity index (χ3n) is 3.70. The van der Waals surface area contributed by atoms with Gasteiger partial charge in [0.2, 0.25) is 0 Å². The van der Waals surface area contributed by atoms with Gasteiger partial charge in [-0.3, -0.25) is 4.79 Å².